The number of aromatic hydroxyl groups is 2. The summed E-state index contributed by atoms with van der Waals surface area (Å²) in [5.74, 6) is -0.285. The van der Waals surface area contributed by atoms with Crippen molar-refractivity contribution in [2.75, 3.05) is 0 Å². The Morgan fingerprint density at radius 2 is 1.27 bits per heavy atom. The first kappa shape index (κ1) is 16.2. The molecule has 0 spiro atoms. The molecule has 3 nitrogen and oxygen atoms in total. The Labute approximate surface area is 151 Å². The summed E-state index contributed by atoms with van der Waals surface area (Å²) >= 11 is 0. The van der Waals surface area contributed by atoms with Crippen molar-refractivity contribution < 1.29 is 15.3 Å². The molecule has 0 amide bonds. The predicted molar refractivity (Wildman–Crippen MR) is 103 cm³/mol. The normalized spacial score (nSPS) is 12.2. The molecule has 0 fully saturated rings. The van der Waals surface area contributed by atoms with Crippen LogP contribution in [0, 0.1) is 0 Å². The molecule has 0 aliphatic carbocycles. The van der Waals surface area contributed by atoms with E-state index in [1.54, 1.807) is 6.07 Å². The average molecular weight is 342 g/mol. The van der Waals surface area contributed by atoms with Gasteiger partial charge in [-0.25, -0.2) is 0 Å². The van der Waals surface area contributed by atoms with E-state index in [9.17, 15) is 15.3 Å². The highest BCUT2D eigenvalue weighted by Gasteiger charge is 2.15. The Bertz CT molecular complexity index is 1050. The van der Waals surface area contributed by atoms with E-state index in [-0.39, 0.29) is 11.5 Å². The number of hydrogen-bond donors (Lipinski definition) is 3. The second-order valence-electron chi connectivity index (χ2n) is 6.28. The van der Waals surface area contributed by atoms with Crippen LogP contribution in [0.5, 0.6) is 11.5 Å². The van der Waals surface area contributed by atoms with Gasteiger partial charge < -0.3 is 15.3 Å². The Morgan fingerprint density at radius 1 is 0.654 bits per heavy atom. The second-order valence-corrected chi connectivity index (χ2v) is 6.28. The van der Waals surface area contributed by atoms with Gasteiger partial charge in [0.1, 0.15) is 6.10 Å². The first-order valence-electron chi connectivity index (χ1n) is 8.42. The molecule has 0 saturated heterocycles. The van der Waals surface area contributed by atoms with Crippen molar-refractivity contribution in [3.8, 4) is 22.6 Å². The summed E-state index contributed by atoms with van der Waals surface area (Å²) < 4.78 is 0. The maximum Gasteiger partial charge on any atom is 0.166 e. The van der Waals surface area contributed by atoms with Gasteiger partial charge in [-0.2, -0.15) is 0 Å². The van der Waals surface area contributed by atoms with Gasteiger partial charge in [0.25, 0.3) is 0 Å². The molecular formula is C23H18O3. The van der Waals surface area contributed by atoms with Gasteiger partial charge in [0.15, 0.2) is 11.5 Å². The molecule has 4 rings (SSSR count). The van der Waals surface area contributed by atoms with Crippen LogP contribution in [0.1, 0.15) is 17.2 Å². The predicted octanol–water partition coefficient (Wildman–Crippen LogP) is 5.00. The SMILES string of the molecule is Oc1cc2ccccc2c(-c2ccc(C(O)c3ccccc3)cc2)c1O. The molecule has 0 aromatic heterocycles. The molecule has 0 heterocycles. The van der Waals surface area contributed by atoms with Gasteiger partial charge in [-0.1, -0.05) is 78.9 Å². The maximum absolute atomic E-state index is 10.5. The van der Waals surface area contributed by atoms with E-state index in [1.807, 2.05) is 78.9 Å². The van der Waals surface area contributed by atoms with Crippen LogP contribution in [0.3, 0.4) is 0 Å². The minimum absolute atomic E-state index is 0.139. The number of rotatable bonds is 3. The number of benzene rings is 4. The number of hydrogen-bond acceptors (Lipinski definition) is 3. The first-order valence-corrected chi connectivity index (χ1v) is 8.42. The van der Waals surface area contributed by atoms with E-state index in [1.165, 1.54) is 0 Å². The van der Waals surface area contributed by atoms with Crippen molar-refractivity contribution >= 4 is 10.8 Å². The van der Waals surface area contributed by atoms with Gasteiger partial charge in [0, 0.05) is 5.56 Å². The fraction of sp³-hybridized carbons (Fsp3) is 0.0435. The fourth-order valence-electron chi connectivity index (χ4n) is 3.27. The summed E-state index contributed by atoms with van der Waals surface area (Å²) in [5.41, 5.74) is 2.95. The molecule has 4 aromatic carbocycles. The molecule has 26 heavy (non-hydrogen) atoms. The smallest absolute Gasteiger partial charge is 0.166 e. The molecule has 3 heteroatoms. The molecule has 128 valence electrons. The van der Waals surface area contributed by atoms with Gasteiger partial charge in [-0.05, 0) is 33.5 Å². The van der Waals surface area contributed by atoms with Crippen molar-refractivity contribution in [2.24, 2.45) is 0 Å². The van der Waals surface area contributed by atoms with Crippen molar-refractivity contribution in [3.05, 3.63) is 96.1 Å². The van der Waals surface area contributed by atoms with Gasteiger partial charge in [-0.3, -0.25) is 0 Å². The van der Waals surface area contributed by atoms with Crippen molar-refractivity contribution in [2.45, 2.75) is 6.10 Å². The highest BCUT2D eigenvalue weighted by molar-refractivity contribution is 6.01. The Morgan fingerprint density at radius 3 is 2.00 bits per heavy atom. The largest absolute Gasteiger partial charge is 0.504 e. The number of phenols is 2. The molecule has 0 aliphatic heterocycles. The lowest BCUT2D eigenvalue weighted by atomic mass is 9.94. The number of fused-ring (bicyclic) bond motifs is 1. The van der Waals surface area contributed by atoms with E-state index < -0.39 is 6.10 Å². The van der Waals surface area contributed by atoms with E-state index in [2.05, 4.69) is 0 Å². The van der Waals surface area contributed by atoms with Crippen LogP contribution in [-0.2, 0) is 0 Å². The van der Waals surface area contributed by atoms with Crippen LogP contribution in [0.15, 0.2) is 84.9 Å². The highest BCUT2D eigenvalue weighted by Crippen LogP contribution is 2.42. The molecule has 0 saturated carbocycles. The van der Waals surface area contributed by atoms with Crippen LogP contribution >= 0.6 is 0 Å². The molecule has 0 bridgehead atoms. The standard InChI is InChI=1S/C23H18O3/c24-20-14-18-8-4-5-9-19(18)21(23(20)26)15-10-12-17(13-11-15)22(25)16-6-2-1-3-7-16/h1-14,22,24-26H. The highest BCUT2D eigenvalue weighted by atomic mass is 16.3. The third-order valence-electron chi connectivity index (χ3n) is 4.63. The fourth-order valence-corrected chi connectivity index (χ4v) is 3.27. The Kier molecular flexibility index (Phi) is 4.07. The molecule has 0 aliphatic rings. The topological polar surface area (TPSA) is 60.7 Å². The lowest BCUT2D eigenvalue weighted by Gasteiger charge is -2.14. The summed E-state index contributed by atoms with van der Waals surface area (Å²) in [5, 5.41) is 32.7. The van der Waals surface area contributed by atoms with E-state index >= 15 is 0 Å². The summed E-state index contributed by atoms with van der Waals surface area (Å²) in [7, 11) is 0. The molecule has 3 N–H and O–H groups in total. The minimum Gasteiger partial charge on any atom is -0.504 e. The second kappa shape index (κ2) is 6.54. The number of aliphatic hydroxyl groups is 1. The van der Waals surface area contributed by atoms with Gasteiger partial charge in [-0.15, -0.1) is 0 Å². The van der Waals surface area contributed by atoms with Crippen LogP contribution < -0.4 is 0 Å². The van der Waals surface area contributed by atoms with Gasteiger partial charge >= 0.3 is 0 Å². The van der Waals surface area contributed by atoms with E-state index in [4.69, 9.17) is 0 Å². The van der Waals surface area contributed by atoms with Gasteiger partial charge in [0.2, 0.25) is 0 Å². The average Bonchev–Trinajstić information content (AvgIpc) is 2.69. The van der Waals surface area contributed by atoms with Gasteiger partial charge in [0.05, 0.1) is 0 Å². The van der Waals surface area contributed by atoms with Crippen molar-refractivity contribution in [1.82, 2.24) is 0 Å². The van der Waals surface area contributed by atoms with E-state index in [0.29, 0.717) is 5.56 Å². The lowest BCUT2D eigenvalue weighted by molar-refractivity contribution is 0.220. The molecule has 1 atom stereocenters. The number of phenolic OH excluding ortho intramolecular Hbond substituents is 2. The summed E-state index contributed by atoms with van der Waals surface area (Å²) in [4.78, 5) is 0. The molecular weight excluding hydrogens is 324 g/mol. The monoisotopic (exact) mass is 342 g/mol. The molecule has 1 unspecified atom stereocenters. The third-order valence-corrected chi connectivity index (χ3v) is 4.63. The van der Waals surface area contributed by atoms with Crippen LogP contribution in [-0.4, -0.2) is 15.3 Å². The minimum atomic E-state index is -0.709. The lowest BCUT2D eigenvalue weighted by Crippen LogP contribution is -1.99. The summed E-state index contributed by atoms with van der Waals surface area (Å²) in [6, 6.07) is 26.0. The zero-order chi connectivity index (χ0) is 18.1. The third kappa shape index (κ3) is 2.79. The maximum atomic E-state index is 10.5. The van der Waals surface area contributed by atoms with Crippen LogP contribution in [0.2, 0.25) is 0 Å². The first-order chi connectivity index (χ1) is 12.6. The Balaban J connectivity index is 1.79. The quantitative estimate of drug-likeness (QED) is 0.459. The van der Waals surface area contributed by atoms with E-state index in [0.717, 1.165) is 27.5 Å². The molecule has 4 aromatic rings. The zero-order valence-electron chi connectivity index (χ0n) is 14.0. The van der Waals surface area contributed by atoms with Crippen molar-refractivity contribution in [3.63, 3.8) is 0 Å². The summed E-state index contributed by atoms with van der Waals surface area (Å²) in [6.07, 6.45) is -0.709. The number of aliphatic hydroxyl groups excluding tert-OH is 1. The van der Waals surface area contributed by atoms with Crippen LogP contribution in [0.4, 0.5) is 0 Å². The molecule has 0 radical (unpaired) electrons. The van der Waals surface area contributed by atoms with Crippen LogP contribution in [0.25, 0.3) is 21.9 Å². The Hall–Kier alpha value is -3.30. The zero-order valence-corrected chi connectivity index (χ0v) is 14.0. The summed E-state index contributed by atoms with van der Waals surface area (Å²) in [6.45, 7) is 0. The van der Waals surface area contributed by atoms with Crippen molar-refractivity contribution in [1.29, 1.82) is 0 Å².